The first kappa shape index (κ1) is 12.5. The molecule has 3 heteroatoms. The lowest BCUT2D eigenvalue weighted by atomic mass is 9.80. The van der Waals surface area contributed by atoms with E-state index in [1.54, 1.807) is 6.20 Å². The van der Waals surface area contributed by atoms with Gasteiger partial charge in [-0.15, -0.1) is 0 Å². The summed E-state index contributed by atoms with van der Waals surface area (Å²) >= 11 is 0. The molecule has 0 radical (unpaired) electrons. The molecule has 3 nitrogen and oxygen atoms in total. The van der Waals surface area contributed by atoms with Gasteiger partial charge in [0.05, 0.1) is 6.61 Å². The van der Waals surface area contributed by atoms with Crippen molar-refractivity contribution in [3.8, 4) is 0 Å². The highest BCUT2D eigenvalue weighted by atomic mass is 16.3. The van der Waals surface area contributed by atoms with Gasteiger partial charge in [0.1, 0.15) is 5.82 Å². The monoisotopic (exact) mass is 234 g/mol. The van der Waals surface area contributed by atoms with Crippen LogP contribution >= 0.6 is 0 Å². The number of rotatable bonds is 3. The van der Waals surface area contributed by atoms with E-state index in [9.17, 15) is 0 Å². The van der Waals surface area contributed by atoms with Crippen molar-refractivity contribution in [3.63, 3.8) is 0 Å². The van der Waals surface area contributed by atoms with Gasteiger partial charge in [0.2, 0.25) is 0 Å². The summed E-state index contributed by atoms with van der Waals surface area (Å²) in [6, 6.07) is 0. The van der Waals surface area contributed by atoms with Gasteiger partial charge in [0.25, 0.3) is 0 Å². The van der Waals surface area contributed by atoms with Crippen molar-refractivity contribution in [3.05, 3.63) is 23.3 Å². The molecular weight excluding hydrogens is 212 g/mol. The summed E-state index contributed by atoms with van der Waals surface area (Å²) in [6.07, 6.45) is 8.16. The fourth-order valence-electron chi connectivity index (χ4n) is 2.76. The van der Waals surface area contributed by atoms with E-state index in [0.717, 1.165) is 23.0 Å². The van der Waals surface area contributed by atoms with Gasteiger partial charge >= 0.3 is 0 Å². The Hall–Kier alpha value is -0.960. The van der Waals surface area contributed by atoms with E-state index in [2.05, 4.69) is 16.9 Å². The summed E-state index contributed by atoms with van der Waals surface area (Å²) in [4.78, 5) is 9.00. The number of aryl methyl sites for hydroxylation is 1. The van der Waals surface area contributed by atoms with E-state index in [1.807, 2.05) is 6.92 Å². The zero-order valence-corrected chi connectivity index (χ0v) is 10.8. The maximum atomic E-state index is 9.12. The summed E-state index contributed by atoms with van der Waals surface area (Å²) in [5.41, 5.74) is 1.77. The highest BCUT2D eigenvalue weighted by molar-refractivity contribution is 5.16. The molecule has 0 spiro atoms. The number of hydrogen-bond acceptors (Lipinski definition) is 3. The lowest BCUT2D eigenvalue weighted by Crippen LogP contribution is -2.16. The van der Waals surface area contributed by atoms with Crippen LogP contribution in [-0.4, -0.2) is 15.1 Å². The Morgan fingerprint density at radius 1 is 1.41 bits per heavy atom. The van der Waals surface area contributed by atoms with Crippen molar-refractivity contribution >= 4 is 0 Å². The van der Waals surface area contributed by atoms with E-state index < -0.39 is 0 Å². The van der Waals surface area contributed by atoms with Crippen LogP contribution in [0.3, 0.4) is 0 Å². The molecule has 0 saturated heterocycles. The maximum Gasteiger partial charge on any atom is 0.131 e. The molecule has 17 heavy (non-hydrogen) atoms. The van der Waals surface area contributed by atoms with E-state index in [1.165, 1.54) is 32.1 Å². The topological polar surface area (TPSA) is 46.0 Å². The van der Waals surface area contributed by atoms with E-state index in [4.69, 9.17) is 5.11 Å². The van der Waals surface area contributed by atoms with Crippen LogP contribution in [-0.2, 0) is 6.61 Å². The van der Waals surface area contributed by atoms with Gasteiger partial charge in [-0.1, -0.05) is 26.2 Å². The van der Waals surface area contributed by atoms with Gasteiger partial charge in [-0.2, -0.15) is 0 Å². The van der Waals surface area contributed by atoms with Gasteiger partial charge < -0.3 is 5.11 Å². The van der Waals surface area contributed by atoms with Crippen LogP contribution < -0.4 is 0 Å². The quantitative estimate of drug-likeness (QED) is 0.874. The van der Waals surface area contributed by atoms with Crippen molar-refractivity contribution in [2.45, 2.75) is 58.5 Å². The number of hydrogen-bond donors (Lipinski definition) is 1. The second-order valence-electron chi connectivity index (χ2n) is 5.13. The van der Waals surface area contributed by atoms with E-state index >= 15 is 0 Å². The van der Waals surface area contributed by atoms with Gasteiger partial charge in [0, 0.05) is 23.4 Å². The Bertz CT molecular complexity index is 378. The van der Waals surface area contributed by atoms with Crippen molar-refractivity contribution in [1.29, 1.82) is 0 Å². The van der Waals surface area contributed by atoms with Crippen LogP contribution in [0.4, 0.5) is 0 Å². The van der Waals surface area contributed by atoms with Crippen molar-refractivity contribution < 1.29 is 5.11 Å². The minimum Gasteiger partial charge on any atom is -0.392 e. The Labute approximate surface area is 103 Å². The molecule has 1 N–H and O–H groups in total. The first-order valence-electron chi connectivity index (χ1n) is 6.67. The molecule has 1 heterocycles. The molecule has 2 atom stereocenters. The first-order chi connectivity index (χ1) is 8.24. The van der Waals surface area contributed by atoms with Crippen LogP contribution in [0.5, 0.6) is 0 Å². The predicted molar refractivity (Wildman–Crippen MR) is 67.7 cm³/mol. The third-order valence-corrected chi connectivity index (χ3v) is 4.00. The molecule has 1 saturated carbocycles. The van der Waals surface area contributed by atoms with Crippen LogP contribution in [0.1, 0.15) is 62.0 Å². The van der Waals surface area contributed by atoms with E-state index in [0.29, 0.717) is 5.92 Å². The Kier molecular flexibility index (Phi) is 4.11. The van der Waals surface area contributed by atoms with Gasteiger partial charge in [0.15, 0.2) is 0 Å². The molecule has 1 aliphatic rings. The minimum absolute atomic E-state index is 0.0361. The maximum absolute atomic E-state index is 9.12. The molecule has 0 aliphatic heterocycles. The molecule has 2 unspecified atom stereocenters. The van der Waals surface area contributed by atoms with Gasteiger partial charge in [-0.05, 0) is 25.7 Å². The molecule has 0 amide bonds. The summed E-state index contributed by atoms with van der Waals surface area (Å²) in [7, 11) is 0. The highest BCUT2D eigenvalue weighted by Crippen LogP contribution is 2.36. The summed E-state index contributed by atoms with van der Waals surface area (Å²) in [6.45, 7) is 4.26. The fraction of sp³-hybridized carbons (Fsp3) is 0.714. The van der Waals surface area contributed by atoms with Crippen LogP contribution in [0.25, 0.3) is 0 Å². The third-order valence-electron chi connectivity index (χ3n) is 4.00. The molecule has 1 aliphatic carbocycles. The predicted octanol–water partition coefficient (Wildman–Crippen LogP) is 2.96. The highest BCUT2D eigenvalue weighted by Gasteiger charge is 2.24. The molecule has 1 fully saturated rings. The number of nitrogens with zero attached hydrogens (tertiary/aromatic N) is 2. The SMILES string of the molecule is CCC1CCCC(c2ncc(CO)c(C)n2)C1. The van der Waals surface area contributed by atoms with Crippen LogP contribution in [0, 0.1) is 12.8 Å². The Morgan fingerprint density at radius 3 is 2.88 bits per heavy atom. The second kappa shape index (κ2) is 5.58. The van der Waals surface area contributed by atoms with Crippen molar-refractivity contribution in [1.82, 2.24) is 9.97 Å². The molecule has 1 aromatic rings. The lowest BCUT2D eigenvalue weighted by Gasteiger charge is -2.27. The average molecular weight is 234 g/mol. The lowest BCUT2D eigenvalue weighted by molar-refractivity contribution is 0.278. The number of aliphatic hydroxyl groups excluding tert-OH is 1. The molecule has 0 bridgehead atoms. The number of aliphatic hydroxyl groups is 1. The molecule has 2 rings (SSSR count). The third kappa shape index (κ3) is 2.83. The number of aromatic nitrogens is 2. The molecule has 94 valence electrons. The average Bonchev–Trinajstić information content (AvgIpc) is 2.38. The van der Waals surface area contributed by atoms with E-state index in [-0.39, 0.29) is 6.61 Å². The van der Waals surface area contributed by atoms with Crippen molar-refractivity contribution in [2.24, 2.45) is 5.92 Å². The summed E-state index contributed by atoms with van der Waals surface area (Å²) < 4.78 is 0. The zero-order chi connectivity index (χ0) is 12.3. The van der Waals surface area contributed by atoms with Crippen LogP contribution in [0.15, 0.2) is 6.20 Å². The Balaban J connectivity index is 2.13. The Morgan fingerprint density at radius 2 is 2.24 bits per heavy atom. The van der Waals surface area contributed by atoms with Crippen molar-refractivity contribution in [2.75, 3.05) is 0 Å². The molecular formula is C14H22N2O. The van der Waals surface area contributed by atoms with Gasteiger partial charge in [-0.25, -0.2) is 9.97 Å². The van der Waals surface area contributed by atoms with Crippen LogP contribution in [0.2, 0.25) is 0 Å². The second-order valence-corrected chi connectivity index (χ2v) is 5.13. The first-order valence-corrected chi connectivity index (χ1v) is 6.67. The normalized spacial score (nSPS) is 24.9. The summed E-state index contributed by atoms with van der Waals surface area (Å²) in [5, 5.41) is 9.12. The zero-order valence-electron chi connectivity index (χ0n) is 10.8. The largest absolute Gasteiger partial charge is 0.392 e. The molecule has 0 aromatic carbocycles. The summed E-state index contributed by atoms with van der Waals surface area (Å²) in [5.74, 6) is 2.35. The molecule has 1 aromatic heterocycles. The standard InChI is InChI=1S/C14H22N2O/c1-3-11-5-4-6-12(7-11)14-15-8-13(9-17)10(2)16-14/h8,11-12,17H,3-7,9H2,1-2H3. The fourth-order valence-corrected chi connectivity index (χ4v) is 2.76. The van der Waals surface area contributed by atoms with Gasteiger partial charge in [-0.3, -0.25) is 0 Å². The smallest absolute Gasteiger partial charge is 0.131 e. The minimum atomic E-state index is 0.0361.